The van der Waals surface area contributed by atoms with Crippen molar-refractivity contribution in [1.29, 1.82) is 0 Å². The Morgan fingerprint density at radius 2 is 2.50 bits per heavy atom. The van der Waals surface area contributed by atoms with Crippen molar-refractivity contribution < 1.29 is 4.79 Å². The molecule has 2 heteroatoms. The maximum Gasteiger partial charge on any atom is 0.225 e. The second kappa shape index (κ2) is 3.73. The largest absolute Gasteiger partial charge is 0.304 e. The van der Waals surface area contributed by atoms with Crippen LogP contribution in [0.2, 0.25) is 0 Å². The molecule has 66 valence electrons. The van der Waals surface area contributed by atoms with Crippen molar-refractivity contribution in [3.05, 3.63) is 0 Å². The minimum absolute atomic E-state index is 0.0677. The predicted octanol–water partition coefficient (Wildman–Crippen LogP) is 1.11. The van der Waals surface area contributed by atoms with Gasteiger partial charge in [-0.3, -0.25) is 4.79 Å². The first-order valence-corrected chi connectivity index (χ1v) is 4.51. The van der Waals surface area contributed by atoms with Crippen molar-refractivity contribution in [3.63, 3.8) is 0 Å². The number of nitrogens with one attached hydrogen (secondary N) is 1. The van der Waals surface area contributed by atoms with Crippen LogP contribution in [0.25, 0.3) is 0 Å². The van der Waals surface area contributed by atoms with Gasteiger partial charge < -0.3 is 5.32 Å². The van der Waals surface area contributed by atoms with Gasteiger partial charge in [-0.05, 0) is 31.7 Å². The first-order chi connectivity index (χ1) is 5.75. The maximum atomic E-state index is 11.4. The highest BCUT2D eigenvalue weighted by molar-refractivity contribution is 6.02. The van der Waals surface area contributed by atoms with Crippen molar-refractivity contribution >= 4 is 5.78 Å². The van der Waals surface area contributed by atoms with Crippen LogP contribution in [-0.2, 0) is 4.79 Å². The molecule has 1 aliphatic heterocycles. The molecule has 0 aromatic heterocycles. The van der Waals surface area contributed by atoms with Crippen molar-refractivity contribution in [2.45, 2.75) is 38.1 Å². The Labute approximate surface area is 73.7 Å². The SMILES string of the molecule is C#CC(=O)C1(CCC)CCCN1. The predicted molar refractivity (Wildman–Crippen MR) is 48.7 cm³/mol. The maximum absolute atomic E-state index is 11.4. The lowest BCUT2D eigenvalue weighted by Gasteiger charge is -2.24. The van der Waals surface area contributed by atoms with Gasteiger partial charge in [0, 0.05) is 0 Å². The number of terminal acetylenes is 1. The summed E-state index contributed by atoms with van der Waals surface area (Å²) in [5, 5.41) is 3.23. The molecule has 0 aromatic rings. The second-order valence-electron chi connectivity index (χ2n) is 3.34. The van der Waals surface area contributed by atoms with Gasteiger partial charge in [-0.25, -0.2) is 0 Å². The quantitative estimate of drug-likeness (QED) is 0.501. The van der Waals surface area contributed by atoms with E-state index in [-0.39, 0.29) is 11.3 Å². The fraction of sp³-hybridized carbons (Fsp3) is 0.700. The van der Waals surface area contributed by atoms with Crippen LogP contribution in [0.15, 0.2) is 0 Å². The van der Waals surface area contributed by atoms with Crippen LogP contribution in [0.3, 0.4) is 0 Å². The minimum atomic E-state index is -0.372. The zero-order chi connectivity index (χ0) is 9.03. The van der Waals surface area contributed by atoms with Gasteiger partial charge in [-0.15, -0.1) is 6.42 Å². The number of rotatable bonds is 3. The molecule has 0 aliphatic carbocycles. The molecule has 12 heavy (non-hydrogen) atoms. The zero-order valence-corrected chi connectivity index (χ0v) is 7.52. The van der Waals surface area contributed by atoms with Gasteiger partial charge >= 0.3 is 0 Å². The van der Waals surface area contributed by atoms with Crippen LogP contribution >= 0.6 is 0 Å². The van der Waals surface area contributed by atoms with Crippen LogP contribution in [-0.4, -0.2) is 17.9 Å². The molecular weight excluding hydrogens is 150 g/mol. The molecule has 1 rings (SSSR count). The first kappa shape index (κ1) is 9.28. The van der Waals surface area contributed by atoms with Gasteiger partial charge in [0.1, 0.15) is 0 Å². The number of hydrogen-bond acceptors (Lipinski definition) is 2. The lowest BCUT2D eigenvalue weighted by atomic mass is 9.88. The van der Waals surface area contributed by atoms with E-state index in [1.54, 1.807) is 0 Å². The van der Waals surface area contributed by atoms with Crippen LogP contribution in [0.4, 0.5) is 0 Å². The van der Waals surface area contributed by atoms with Gasteiger partial charge in [0.15, 0.2) is 0 Å². The summed E-state index contributed by atoms with van der Waals surface area (Å²) in [6, 6.07) is 0. The summed E-state index contributed by atoms with van der Waals surface area (Å²) in [5.74, 6) is 2.16. The van der Waals surface area contributed by atoms with E-state index >= 15 is 0 Å². The minimum Gasteiger partial charge on any atom is -0.304 e. The molecule has 1 atom stereocenters. The van der Waals surface area contributed by atoms with Crippen molar-refractivity contribution in [2.75, 3.05) is 6.54 Å². The summed E-state index contributed by atoms with van der Waals surface area (Å²) in [7, 11) is 0. The summed E-state index contributed by atoms with van der Waals surface area (Å²) in [6.45, 7) is 3.00. The van der Waals surface area contributed by atoms with Crippen LogP contribution < -0.4 is 5.32 Å². The molecule has 0 amide bonds. The Morgan fingerprint density at radius 1 is 1.75 bits per heavy atom. The third kappa shape index (κ3) is 1.51. The Kier molecular flexibility index (Phi) is 2.88. The molecule has 1 N–H and O–H groups in total. The van der Waals surface area contributed by atoms with Crippen LogP contribution in [0, 0.1) is 12.3 Å². The summed E-state index contributed by atoms with van der Waals surface area (Å²) < 4.78 is 0. The number of ketones is 1. The molecule has 0 saturated carbocycles. The normalized spacial score (nSPS) is 28.3. The monoisotopic (exact) mass is 165 g/mol. The third-order valence-electron chi connectivity index (χ3n) is 2.49. The van der Waals surface area contributed by atoms with Crippen LogP contribution in [0.1, 0.15) is 32.6 Å². The third-order valence-corrected chi connectivity index (χ3v) is 2.49. The highest BCUT2D eigenvalue weighted by Crippen LogP contribution is 2.25. The smallest absolute Gasteiger partial charge is 0.225 e. The number of hydrogen-bond donors (Lipinski definition) is 1. The van der Waals surface area contributed by atoms with Gasteiger partial charge in [0.25, 0.3) is 0 Å². The van der Waals surface area contributed by atoms with Gasteiger partial charge in [-0.1, -0.05) is 13.3 Å². The Bertz CT molecular complexity index is 208. The molecule has 0 bridgehead atoms. The van der Waals surface area contributed by atoms with E-state index in [4.69, 9.17) is 6.42 Å². The van der Waals surface area contributed by atoms with Gasteiger partial charge in [-0.2, -0.15) is 0 Å². The second-order valence-corrected chi connectivity index (χ2v) is 3.34. The molecule has 1 saturated heterocycles. The summed E-state index contributed by atoms with van der Waals surface area (Å²) in [4.78, 5) is 11.4. The number of carbonyl (C=O) groups excluding carboxylic acids is 1. The van der Waals surface area contributed by atoms with Crippen LogP contribution in [0.5, 0.6) is 0 Å². The molecule has 1 heterocycles. The average Bonchev–Trinajstić information content (AvgIpc) is 2.53. The van der Waals surface area contributed by atoms with E-state index in [0.717, 1.165) is 32.2 Å². The van der Waals surface area contributed by atoms with Crippen molar-refractivity contribution in [1.82, 2.24) is 5.32 Å². The fourth-order valence-electron chi connectivity index (χ4n) is 1.89. The molecule has 1 aliphatic rings. The summed E-state index contributed by atoms with van der Waals surface area (Å²) >= 11 is 0. The van der Waals surface area contributed by atoms with E-state index in [1.165, 1.54) is 0 Å². The lowest BCUT2D eigenvalue weighted by molar-refractivity contribution is -0.119. The summed E-state index contributed by atoms with van der Waals surface area (Å²) in [6.07, 6.45) is 8.97. The van der Waals surface area contributed by atoms with E-state index in [0.29, 0.717) is 0 Å². The average molecular weight is 165 g/mol. The highest BCUT2D eigenvalue weighted by Gasteiger charge is 2.38. The Morgan fingerprint density at radius 3 is 2.92 bits per heavy atom. The molecular formula is C10H15NO. The zero-order valence-electron chi connectivity index (χ0n) is 7.52. The standard InChI is InChI=1S/C10H15NO/c1-3-6-10(9(12)4-2)7-5-8-11-10/h2,11H,3,5-8H2,1H3. The van der Waals surface area contributed by atoms with Crippen molar-refractivity contribution in [2.24, 2.45) is 0 Å². The first-order valence-electron chi connectivity index (χ1n) is 4.51. The van der Waals surface area contributed by atoms with E-state index in [9.17, 15) is 4.79 Å². The van der Waals surface area contributed by atoms with E-state index in [1.807, 2.05) is 0 Å². The Hall–Kier alpha value is -0.810. The number of Topliss-reactive ketones (excluding diaryl/α,β-unsaturated/α-hetero) is 1. The molecule has 0 aromatic carbocycles. The van der Waals surface area contributed by atoms with Gasteiger partial charge in [0.05, 0.1) is 5.54 Å². The molecule has 0 radical (unpaired) electrons. The van der Waals surface area contributed by atoms with E-state index < -0.39 is 0 Å². The van der Waals surface area contributed by atoms with Crippen molar-refractivity contribution in [3.8, 4) is 12.3 Å². The molecule has 1 fully saturated rings. The Balaban J connectivity index is 2.72. The highest BCUT2D eigenvalue weighted by atomic mass is 16.1. The fourth-order valence-corrected chi connectivity index (χ4v) is 1.89. The molecule has 0 spiro atoms. The number of carbonyl (C=O) groups is 1. The van der Waals surface area contributed by atoms with E-state index in [2.05, 4.69) is 18.2 Å². The topological polar surface area (TPSA) is 29.1 Å². The molecule has 2 nitrogen and oxygen atoms in total. The lowest BCUT2D eigenvalue weighted by Crippen LogP contribution is -2.46. The molecule has 1 unspecified atom stereocenters. The summed E-state index contributed by atoms with van der Waals surface area (Å²) in [5.41, 5.74) is -0.372. The van der Waals surface area contributed by atoms with Gasteiger partial charge in [0.2, 0.25) is 5.78 Å².